The standard InChI is InChI=1S/C18H21N3O5S2/c22-21(23)15-3-4-17(20-6-1-2-16(20)14-5-11-27-13-14)18(12-15)28(24,25)19-7-9-26-10-8-19/h3-5,11-13,16H,1-2,6-10H2. The summed E-state index contributed by atoms with van der Waals surface area (Å²) >= 11 is 1.61. The molecule has 2 saturated heterocycles. The van der Waals surface area contributed by atoms with Gasteiger partial charge in [0.1, 0.15) is 4.90 Å². The van der Waals surface area contributed by atoms with Crippen molar-refractivity contribution in [2.45, 2.75) is 23.8 Å². The number of rotatable bonds is 5. The Morgan fingerprint density at radius 2 is 1.96 bits per heavy atom. The molecule has 0 spiro atoms. The highest BCUT2D eigenvalue weighted by atomic mass is 32.2. The van der Waals surface area contributed by atoms with Crippen molar-refractivity contribution in [3.05, 3.63) is 50.7 Å². The quantitative estimate of drug-likeness (QED) is 0.542. The molecule has 2 aliphatic heterocycles. The molecule has 1 aromatic carbocycles. The fourth-order valence-corrected chi connectivity index (χ4v) is 6.19. The Bertz CT molecular complexity index is 956. The highest BCUT2D eigenvalue weighted by Crippen LogP contribution is 2.41. The minimum atomic E-state index is -3.87. The SMILES string of the molecule is O=[N+]([O-])c1ccc(N2CCCC2c2ccsc2)c(S(=O)(=O)N2CCOCC2)c1. The van der Waals surface area contributed by atoms with E-state index in [0.29, 0.717) is 25.4 Å². The largest absolute Gasteiger partial charge is 0.379 e. The van der Waals surface area contributed by atoms with Crippen LogP contribution in [0.5, 0.6) is 0 Å². The fourth-order valence-electron chi connectivity index (χ4n) is 3.85. The van der Waals surface area contributed by atoms with Gasteiger partial charge >= 0.3 is 0 Å². The van der Waals surface area contributed by atoms with Crippen LogP contribution in [0.15, 0.2) is 39.9 Å². The van der Waals surface area contributed by atoms with E-state index in [2.05, 4.69) is 16.3 Å². The highest BCUT2D eigenvalue weighted by molar-refractivity contribution is 7.89. The lowest BCUT2D eigenvalue weighted by Crippen LogP contribution is -2.41. The Morgan fingerprint density at radius 3 is 2.64 bits per heavy atom. The van der Waals surface area contributed by atoms with Gasteiger partial charge in [-0.25, -0.2) is 8.42 Å². The van der Waals surface area contributed by atoms with Crippen LogP contribution in [0.4, 0.5) is 11.4 Å². The molecular formula is C18H21N3O5S2. The van der Waals surface area contributed by atoms with Crippen LogP contribution in [0.3, 0.4) is 0 Å². The van der Waals surface area contributed by atoms with Crippen molar-refractivity contribution in [3.63, 3.8) is 0 Å². The van der Waals surface area contributed by atoms with E-state index in [-0.39, 0.29) is 29.7 Å². The summed E-state index contributed by atoms with van der Waals surface area (Å²) in [5.74, 6) is 0. The van der Waals surface area contributed by atoms with E-state index in [4.69, 9.17) is 4.74 Å². The molecule has 2 aliphatic rings. The van der Waals surface area contributed by atoms with Crippen LogP contribution in [0.2, 0.25) is 0 Å². The number of anilines is 1. The fraction of sp³-hybridized carbons (Fsp3) is 0.444. The van der Waals surface area contributed by atoms with Gasteiger partial charge in [-0.1, -0.05) is 0 Å². The smallest absolute Gasteiger partial charge is 0.270 e. The van der Waals surface area contributed by atoms with Gasteiger partial charge in [-0.2, -0.15) is 15.6 Å². The molecule has 0 saturated carbocycles. The molecule has 1 atom stereocenters. The second-order valence-electron chi connectivity index (χ2n) is 6.83. The van der Waals surface area contributed by atoms with E-state index >= 15 is 0 Å². The highest BCUT2D eigenvalue weighted by Gasteiger charge is 2.35. The van der Waals surface area contributed by atoms with E-state index in [1.165, 1.54) is 16.4 Å². The average molecular weight is 424 g/mol. The van der Waals surface area contributed by atoms with Gasteiger partial charge in [-0.3, -0.25) is 10.1 Å². The second-order valence-corrected chi connectivity index (χ2v) is 9.52. The summed E-state index contributed by atoms with van der Waals surface area (Å²) in [6.07, 6.45) is 1.86. The lowest BCUT2D eigenvalue weighted by Gasteiger charge is -2.31. The van der Waals surface area contributed by atoms with Crippen molar-refractivity contribution in [1.82, 2.24) is 4.31 Å². The number of sulfonamides is 1. The Morgan fingerprint density at radius 1 is 1.18 bits per heavy atom. The second kappa shape index (κ2) is 7.78. The number of non-ortho nitro benzene ring substituents is 1. The summed E-state index contributed by atoms with van der Waals surface area (Å²) in [6, 6.07) is 6.29. The van der Waals surface area contributed by atoms with Crippen LogP contribution < -0.4 is 4.90 Å². The minimum Gasteiger partial charge on any atom is -0.379 e. The maximum atomic E-state index is 13.4. The molecule has 10 heteroatoms. The molecule has 2 aromatic rings. The van der Waals surface area contributed by atoms with Gasteiger partial charge in [0.05, 0.1) is 29.9 Å². The van der Waals surface area contributed by atoms with Crippen LogP contribution in [0, 0.1) is 10.1 Å². The topological polar surface area (TPSA) is 93.0 Å². The molecule has 0 radical (unpaired) electrons. The van der Waals surface area contributed by atoms with Crippen molar-refractivity contribution in [2.75, 3.05) is 37.7 Å². The minimum absolute atomic E-state index is 0.00531. The van der Waals surface area contributed by atoms with Crippen molar-refractivity contribution >= 4 is 32.7 Å². The van der Waals surface area contributed by atoms with Gasteiger partial charge in [0.2, 0.25) is 10.0 Å². The molecule has 28 heavy (non-hydrogen) atoms. The van der Waals surface area contributed by atoms with E-state index in [9.17, 15) is 18.5 Å². The zero-order valence-corrected chi connectivity index (χ0v) is 16.8. The van der Waals surface area contributed by atoms with Crippen molar-refractivity contribution < 1.29 is 18.1 Å². The van der Waals surface area contributed by atoms with Gasteiger partial charge in [-0.05, 0) is 41.3 Å². The first-order valence-corrected chi connectivity index (χ1v) is 11.5. The Labute approximate surface area is 167 Å². The summed E-state index contributed by atoms with van der Waals surface area (Å²) < 4.78 is 33.3. The predicted molar refractivity (Wildman–Crippen MR) is 106 cm³/mol. The number of morpholine rings is 1. The molecule has 1 aromatic heterocycles. The molecule has 150 valence electrons. The number of hydrogen-bond donors (Lipinski definition) is 0. The summed E-state index contributed by atoms with van der Waals surface area (Å²) in [4.78, 5) is 12.8. The summed E-state index contributed by atoms with van der Waals surface area (Å²) in [5.41, 5.74) is 1.46. The third kappa shape index (κ3) is 3.52. The molecule has 4 rings (SSSR count). The number of nitro groups is 1. The number of nitrogens with zero attached hydrogens (tertiary/aromatic N) is 3. The molecule has 0 N–H and O–H groups in total. The van der Waals surface area contributed by atoms with E-state index in [1.54, 1.807) is 17.4 Å². The van der Waals surface area contributed by atoms with Crippen LogP contribution >= 0.6 is 11.3 Å². The van der Waals surface area contributed by atoms with Gasteiger partial charge in [-0.15, -0.1) is 0 Å². The average Bonchev–Trinajstić information content (AvgIpc) is 3.39. The first-order chi connectivity index (χ1) is 13.5. The monoisotopic (exact) mass is 423 g/mol. The zero-order chi connectivity index (χ0) is 19.7. The lowest BCUT2D eigenvalue weighted by molar-refractivity contribution is -0.385. The van der Waals surface area contributed by atoms with E-state index in [1.807, 2.05) is 5.38 Å². The summed E-state index contributed by atoms with van der Waals surface area (Å²) in [5, 5.41) is 15.4. The van der Waals surface area contributed by atoms with Crippen LogP contribution in [0.1, 0.15) is 24.4 Å². The van der Waals surface area contributed by atoms with Gasteiger partial charge < -0.3 is 9.64 Å². The van der Waals surface area contributed by atoms with E-state index in [0.717, 1.165) is 18.4 Å². The molecule has 2 fully saturated rings. The third-order valence-electron chi connectivity index (χ3n) is 5.23. The normalized spacial score (nSPS) is 21.1. The Balaban J connectivity index is 1.80. The number of benzene rings is 1. The number of hydrogen-bond acceptors (Lipinski definition) is 7. The van der Waals surface area contributed by atoms with Crippen molar-refractivity contribution in [2.24, 2.45) is 0 Å². The Hall–Kier alpha value is -2.01. The molecule has 8 nitrogen and oxygen atoms in total. The predicted octanol–water partition coefficient (Wildman–Crippen LogP) is 3.02. The maximum absolute atomic E-state index is 13.4. The number of ether oxygens (including phenoxy) is 1. The maximum Gasteiger partial charge on any atom is 0.270 e. The summed E-state index contributed by atoms with van der Waals surface area (Å²) in [7, 11) is -3.87. The van der Waals surface area contributed by atoms with Gasteiger partial charge in [0.15, 0.2) is 0 Å². The summed E-state index contributed by atoms with van der Waals surface area (Å²) in [6.45, 7) is 1.86. The lowest BCUT2D eigenvalue weighted by atomic mass is 10.1. The molecule has 0 bridgehead atoms. The number of thiophene rings is 1. The first kappa shape index (κ1) is 19.3. The zero-order valence-electron chi connectivity index (χ0n) is 15.2. The molecular weight excluding hydrogens is 402 g/mol. The van der Waals surface area contributed by atoms with Gasteiger partial charge in [0.25, 0.3) is 5.69 Å². The molecule has 3 heterocycles. The molecule has 0 aliphatic carbocycles. The van der Waals surface area contributed by atoms with Gasteiger partial charge in [0, 0.05) is 31.8 Å². The number of nitro benzene ring substituents is 1. The van der Waals surface area contributed by atoms with E-state index < -0.39 is 14.9 Å². The van der Waals surface area contributed by atoms with Crippen LogP contribution in [0.25, 0.3) is 0 Å². The first-order valence-electron chi connectivity index (χ1n) is 9.13. The van der Waals surface area contributed by atoms with Crippen LogP contribution in [-0.4, -0.2) is 50.5 Å². The van der Waals surface area contributed by atoms with Crippen LogP contribution in [-0.2, 0) is 14.8 Å². The van der Waals surface area contributed by atoms with Crippen molar-refractivity contribution in [3.8, 4) is 0 Å². The van der Waals surface area contributed by atoms with Crippen molar-refractivity contribution in [1.29, 1.82) is 0 Å². The third-order valence-corrected chi connectivity index (χ3v) is 7.86. The molecule has 0 amide bonds. The molecule has 1 unspecified atom stereocenters. The Kier molecular flexibility index (Phi) is 5.37.